The molecule has 2 N–H and O–H groups in total. The lowest BCUT2D eigenvalue weighted by molar-refractivity contribution is 0.515. The number of nitrogens with zero attached hydrogens (tertiary/aromatic N) is 1. The van der Waals surface area contributed by atoms with Gasteiger partial charge in [0.1, 0.15) is 22.6 Å². The fourth-order valence-corrected chi connectivity index (χ4v) is 2.63. The van der Waals surface area contributed by atoms with Gasteiger partial charge in [-0.1, -0.05) is 42.5 Å². The molecule has 0 spiro atoms. The summed E-state index contributed by atoms with van der Waals surface area (Å²) in [6.45, 7) is 0. The SMILES string of the molecule is O=c1[nH]c2c(=O)oc3ccccc3c2nc1/C=C(\O)c1ccccc1. The maximum Gasteiger partial charge on any atom is 0.362 e. The molecule has 4 rings (SSSR count). The van der Waals surface area contributed by atoms with Crippen LogP contribution in [0.25, 0.3) is 33.8 Å². The van der Waals surface area contributed by atoms with Crippen LogP contribution in [0, 0.1) is 0 Å². The molecule has 0 aliphatic carbocycles. The third kappa shape index (κ3) is 2.59. The fraction of sp³-hybridized carbons (Fsp3) is 0. The topological polar surface area (TPSA) is 96.2 Å². The molecule has 2 heterocycles. The van der Waals surface area contributed by atoms with Crippen LogP contribution in [-0.2, 0) is 0 Å². The van der Waals surface area contributed by atoms with Crippen LogP contribution in [0.3, 0.4) is 0 Å². The molecule has 0 radical (unpaired) electrons. The second-order valence-corrected chi connectivity index (χ2v) is 5.46. The van der Waals surface area contributed by atoms with Gasteiger partial charge in [-0.2, -0.15) is 0 Å². The van der Waals surface area contributed by atoms with Gasteiger partial charge in [0.15, 0.2) is 5.52 Å². The maximum atomic E-state index is 12.2. The zero-order chi connectivity index (χ0) is 17.4. The summed E-state index contributed by atoms with van der Waals surface area (Å²) < 4.78 is 5.19. The lowest BCUT2D eigenvalue weighted by atomic mass is 10.1. The van der Waals surface area contributed by atoms with Gasteiger partial charge in [-0.05, 0) is 12.1 Å². The molecule has 0 aliphatic rings. The van der Waals surface area contributed by atoms with Crippen LogP contribution in [-0.4, -0.2) is 15.1 Å². The van der Waals surface area contributed by atoms with Crippen LogP contribution < -0.4 is 11.2 Å². The Morgan fingerprint density at radius 1 is 1.04 bits per heavy atom. The molecule has 6 heteroatoms. The number of H-pyrrole nitrogens is 1. The summed E-state index contributed by atoms with van der Waals surface area (Å²) >= 11 is 0. The smallest absolute Gasteiger partial charge is 0.362 e. The third-order valence-electron chi connectivity index (χ3n) is 3.83. The Balaban J connectivity index is 2.00. The van der Waals surface area contributed by atoms with Gasteiger partial charge in [-0.3, -0.25) is 4.79 Å². The zero-order valence-corrected chi connectivity index (χ0v) is 12.9. The van der Waals surface area contributed by atoms with Crippen molar-refractivity contribution in [2.24, 2.45) is 0 Å². The van der Waals surface area contributed by atoms with Crippen LogP contribution in [0.2, 0.25) is 0 Å². The molecule has 0 unspecified atom stereocenters. The predicted octanol–water partition coefficient (Wildman–Crippen LogP) is 3.09. The Bertz CT molecular complexity index is 1240. The average Bonchev–Trinajstić information content (AvgIpc) is 2.64. The molecule has 2 aromatic carbocycles. The summed E-state index contributed by atoms with van der Waals surface area (Å²) in [4.78, 5) is 31.1. The number of hydrogen-bond acceptors (Lipinski definition) is 5. The van der Waals surface area contributed by atoms with E-state index < -0.39 is 11.2 Å². The highest BCUT2D eigenvalue weighted by Crippen LogP contribution is 2.20. The lowest BCUT2D eigenvalue weighted by Gasteiger charge is -2.03. The van der Waals surface area contributed by atoms with Gasteiger partial charge in [-0.15, -0.1) is 0 Å². The quantitative estimate of drug-likeness (QED) is 0.334. The van der Waals surface area contributed by atoms with E-state index in [-0.39, 0.29) is 17.0 Å². The van der Waals surface area contributed by atoms with E-state index in [4.69, 9.17) is 4.42 Å². The summed E-state index contributed by atoms with van der Waals surface area (Å²) in [6, 6.07) is 15.7. The summed E-state index contributed by atoms with van der Waals surface area (Å²) in [5, 5.41) is 10.8. The van der Waals surface area contributed by atoms with Crippen LogP contribution in [0.4, 0.5) is 0 Å². The molecule has 0 bridgehead atoms. The standard InChI is InChI=1S/C19H12N2O4/c22-14(11-6-2-1-3-7-11)10-13-18(23)21-17-16(20-13)12-8-4-5-9-15(12)25-19(17)24/h1-10,22H,(H,21,23)/b14-10-. The summed E-state index contributed by atoms with van der Waals surface area (Å²) in [7, 11) is 0. The normalized spacial score (nSPS) is 11.9. The highest BCUT2D eigenvalue weighted by atomic mass is 16.4. The summed E-state index contributed by atoms with van der Waals surface area (Å²) in [6.07, 6.45) is 1.27. The van der Waals surface area contributed by atoms with E-state index in [1.807, 2.05) is 6.07 Å². The van der Waals surface area contributed by atoms with Gasteiger partial charge in [-0.25, -0.2) is 9.78 Å². The first kappa shape index (κ1) is 14.9. The second kappa shape index (κ2) is 5.76. The predicted molar refractivity (Wildman–Crippen MR) is 95.3 cm³/mol. The first-order chi connectivity index (χ1) is 12.1. The Kier molecular flexibility index (Phi) is 3.43. The van der Waals surface area contributed by atoms with Crippen molar-refractivity contribution in [3.05, 3.63) is 86.6 Å². The monoisotopic (exact) mass is 332 g/mol. The molecule has 0 saturated heterocycles. The van der Waals surface area contributed by atoms with Gasteiger partial charge in [0.05, 0.1) is 0 Å². The molecule has 4 aromatic rings. The minimum absolute atomic E-state index is 0.0000471. The van der Waals surface area contributed by atoms with Crippen molar-refractivity contribution in [1.82, 2.24) is 9.97 Å². The molecule has 0 amide bonds. The lowest BCUT2D eigenvalue weighted by Crippen LogP contribution is -2.16. The van der Waals surface area contributed by atoms with Gasteiger partial charge < -0.3 is 14.5 Å². The number of aliphatic hydroxyl groups is 1. The van der Waals surface area contributed by atoms with Crippen LogP contribution in [0.5, 0.6) is 0 Å². The third-order valence-corrected chi connectivity index (χ3v) is 3.83. The van der Waals surface area contributed by atoms with Crippen molar-refractivity contribution in [3.63, 3.8) is 0 Å². The number of hydrogen-bond donors (Lipinski definition) is 2. The van der Waals surface area contributed by atoms with E-state index in [9.17, 15) is 14.7 Å². The number of aromatic nitrogens is 2. The largest absolute Gasteiger partial charge is 0.507 e. The molecule has 0 saturated carbocycles. The van der Waals surface area contributed by atoms with Crippen molar-refractivity contribution in [2.75, 3.05) is 0 Å². The Morgan fingerprint density at radius 2 is 1.76 bits per heavy atom. The Hall–Kier alpha value is -3.67. The first-order valence-corrected chi connectivity index (χ1v) is 7.55. The van der Waals surface area contributed by atoms with E-state index >= 15 is 0 Å². The first-order valence-electron chi connectivity index (χ1n) is 7.55. The fourth-order valence-electron chi connectivity index (χ4n) is 2.63. The number of para-hydroxylation sites is 1. The van der Waals surface area contributed by atoms with E-state index in [0.29, 0.717) is 22.0 Å². The molecule has 2 aromatic heterocycles. The van der Waals surface area contributed by atoms with Crippen LogP contribution >= 0.6 is 0 Å². The van der Waals surface area contributed by atoms with Crippen molar-refractivity contribution in [2.45, 2.75) is 0 Å². The maximum absolute atomic E-state index is 12.2. The van der Waals surface area contributed by atoms with E-state index in [2.05, 4.69) is 9.97 Å². The number of nitrogens with one attached hydrogen (secondary N) is 1. The highest BCUT2D eigenvalue weighted by molar-refractivity contribution is 6.00. The molecule has 6 nitrogen and oxygen atoms in total. The number of benzene rings is 2. The molecular weight excluding hydrogens is 320 g/mol. The van der Waals surface area contributed by atoms with Crippen molar-refractivity contribution >= 4 is 33.8 Å². The average molecular weight is 332 g/mol. The van der Waals surface area contributed by atoms with Gasteiger partial charge >= 0.3 is 5.63 Å². The van der Waals surface area contributed by atoms with Crippen LogP contribution in [0.15, 0.2) is 68.6 Å². The Morgan fingerprint density at radius 3 is 2.56 bits per heavy atom. The van der Waals surface area contributed by atoms with Crippen molar-refractivity contribution < 1.29 is 9.52 Å². The Labute approximate surface area is 140 Å². The molecule has 0 atom stereocenters. The molecule has 122 valence electrons. The minimum Gasteiger partial charge on any atom is -0.507 e. The molecule has 0 aliphatic heterocycles. The summed E-state index contributed by atoms with van der Waals surface area (Å²) in [5.41, 5.74) is 0.00452. The van der Waals surface area contributed by atoms with Gasteiger partial charge in [0.25, 0.3) is 5.56 Å². The zero-order valence-electron chi connectivity index (χ0n) is 12.9. The number of aromatic amines is 1. The van der Waals surface area contributed by atoms with E-state index in [1.165, 1.54) is 6.08 Å². The van der Waals surface area contributed by atoms with Crippen LogP contribution in [0.1, 0.15) is 11.3 Å². The van der Waals surface area contributed by atoms with Crippen molar-refractivity contribution in [1.29, 1.82) is 0 Å². The highest BCUT2D eigenvalue weighted by Gasteiger charge is 2.12. The second-order valence-electron chi connectivity index (χ2n) is 5.46. The summed E-state index contributed by atoms with van der Waals surface area (Å²) in [5.74, 6) is -0.0924. The number of rotatable bonds is 2. The van der Waals surface area contributed by atoms with E-state index in [0.717, 1.165) is 0 Å². The van der Waals surface area contributed by atoms with Gasteiger partial charge in [0.2, 0.25) is 0 Å². The molecular formula is C19H12N2O4. The van der Waals surface area contributed by atoms with E-state index in [1.54, 1.807) is 48.5 Å². The van der Waals surface area contributed by atoms with Gasteiger partial charge in [0, 0.05) is 17.0 Å². The number of fused-ring (bicyclic) bond motifs is 3. The molecule has 0 fully saturated rings. The molecule has 25 heavy (non-hydrogen) atoms. The van der Waals surface area contributed by atoms with Crippen molar-refractivity contribution in [3.8, 4) is 0 Å². The number of aliphatic hydroxyl groups excluding tert-OH is 1. The minimum atomic E-state index is -0.666.